The van der Waals surface area contributed by atoms with Crippen LogP contribution in [0.4, 0.5) is 4.39 Å². The average Bonchev–Trinajstić information content (AvgIpc) is 2.43. The summed E-state index contributed by atoms with van der Waals surface area (Å²) < 4.78 is 12.8. The van der Waals surface area contributed by atoms with Crippen LogP contribution < -0.4 is 5.32 Å². The fourth-order valence-electron chi connectivity index (χ4n) is 2.34. The molecule has 102 valence electrons. The monoisotopic (exact) mass is 262 g/mol. The van der Waals surface area contributed by atoms with Gasteiger partial charge in [0, 0.05) is 25.7 Å². The summed E-state index contributed by atoms with van der Waals surface area (Å²) in [4.78, 5) is 13.5. The predicted octanol–water partition coefficient (Wildman–Crippen LogP) is 2.09. The van der Waals surface area contributed by atoms with Crippen LogP contribution in [0.25, 0.3) is 0 Å². The Bertz CT molecular complexity index is 436. The van der Waals surface area contributed by atoms with Crippen molar-refractivity contribution in [2.75, 3.05) is 13.1 Å². The third-order valence-corrected chi connectivity index (χ3v) is 3.44. The number of halogens is 1. The van der Waals surface area contributed by atoms with Crippen molar-refractivity contribution >= 4 is 5.91 Å². The molecule has 1 heterocycles. The predicted molar refractivity (Wildman–Crippen MR) is 73.0 cm³/mol. The molecule has 1 fully saturated rings. The summed E-state index contributed by atoms with van der Waals surface area (Å²) in [7, 11) is 0. The summed E-state index contributed by atoms with van der Waals surface area (Å²) in [6.45, 7) is 6.17. The van der Waals surface area contributed by atoms with Crippen molar-refractivity contribution < 1.29 is 9.18 Å². The van der Waals surface area contributed by atoms with Gasteiger partial charge in [0.2, 0.25) is 5.91 Å². The Morgan fingerprint density at radius 3 is 2.58 bits per heavy atom. The van der Waals surface area contributed by atoms with Crippen molar-refractivity contribution in [1.82, 2.24) is 10.2 Å². The summed E-state index contributed by atoms with van der Waals surface area (Å²) in [6.07, 6.45) is 3.20. The lowest BCUT2D eigenvalue weighted by molar-refractivity contribution is -0.117. The molecule has 19 heavy (non-hydrogen) atoms. The molecule has 2 rings (SSSR count). The first-order valence-corrected chi connectivity index (χ1v) is 6.57. The van der Waals surface area contributed by atoms with Gasteiger partial charge in [0.1, 0.15) is 5.82 Å². The SMILES string of the molecule is C=CC(=O)NC1CCN(Cc2ccc(F)cc2)CC1. The number of piperidine rings is 1. The molecule has 0 atom stereocenters. The molecule has 0 aromatic heterocycles. The number of nitrogens with zero attached hydrogens (tertiary/aromatic N) is 1. The fourth-order valence-corrected chi connectivity index (χ4v) is 2.34. The highest BCUT2D eigenvalue weighted by atomic mass is 19.1. The van der Waals surface area contributed by atoms with E-state index in [-0.39, 0.29) is 17.8 Å². The topological polar surface area (TPSA) is 32.3 Å². The van der Waals surface area contributed by atoms with Crippen LogP contribution in [0.15, 0.2) is 36.9 Å². The number of hydrogen-bond donors (Lipinski definition) is 1. The molecule has 1 saturated heterocycles. The maximum atomic E-state index is 12.8. The molecule has 0 spiro atoms. The van der Waals surface area contributed by atoms with E-state index in [2.05, 4.69) is 16.8 Å². The number of carbonyl (C=O) groups is 1. The van der Waals surface area contributed by atoms with Crippen LogP contribution in [0.3, 0.4) is 0 Å². The third kappa shape index (κ3) is 4.17. The second-order valence-corrected chi connectivity index (χ2v) is 4.89. The Balaban J connectivity index is 1.78. The fraction of sp³-hybridized carbons (Fsp3) is 0.400. The van der Waals surface area contributed by atoms with E-state index in [1.807, 2.05) is 12.1 Å². The van der Waals surface area contributed by atoms with Crippen molar-refractivity contribution in [3.05, 3.63) is 48.3 Å². The van der Waals surface area contributed by atoms with Crippen molar-refractivity contribution in [3.8, 4) is 0 Å². The number of likely N-dealkylation sites (tertiary alicyclic amines) is 1. The maximum absolute atomic E-state index is 12.8. The number of amides is 1. The van der Waals surface area contributed by atoms with E-state index in [0.717, 1.165) is 38.0 Å². The highest BCUT2D eigenvalue weighted by Gasteiger charge is 2.19. The Labute approximate surface area is 113 Å². The van der Waals surface area contributed by atoms with E-state index in [1.165, 1.54) is 18.2 Å². The highest BCUT2D eigenvalue weighted by Crippen LogP contribution is 2.14. The van der Waals surface area contributed by atoms with Gasteiger partial charge in [0.15, 0.2) is 0 Å². The molecular formula is C15H19FN2O. The highest BCUT2D eigenvalue weighted by molar-refractivity contribution is 5.87. The van der Waals surface area contributed by atoms with Crippen LogP contribution >= 0.6 is 0 Å². The van der Waals surface area contributed by atoms with Gasteiger partial charge in [0.05, 0.1) is 0 Å². The molecule has 0 unspecified atom stereocenters. The minimum Gasteiger partial charge on any atom is -0.350 e. The summed E-state index contributed by atoms with van der Waals surface area (Å²) in [5.41, 5.74) is 1.12. The quantitative estimate of drug-likeness (QED) is 0.843. The molecule has 0 aliphatic carbocycles. The van der Waals surface area contributed by atoms with Crippen molar-refractivity contribution in [1.29, 1.82) is 0 Å². The Morgan fingerprint density at radius 1 is 1.37 bits per heavy atom. The van der Waals surface area contributed by atoms with E-state index < -0.39 is 0 Å². The molecule has 0 bridgehead atoms. The zero-order chi connectivity index (χ0) is 13.7. The molecule has 1 N–H and O–H groups in total. The second kappa shape index (κ2) is 6.48. The van der Waals surface area contributed by atoms with Crippen molar-refractivity contribution in [2.24, 2.45) is 0 Å². The van der Waals surface area contributed by atoms with Crippen LogP contribution in [-0.2, 0) is 11.3 Å². The summed E-state index contributed by atoms with van der Waals surface area (Å²) >= 11 is 0. The summed E-state index contributed by atoms with van der Waals surface area (Å²) in [5.74, 6) is -0.299. The molecular weight excluding hydrogens is 243 g/mol. The van der Waals surface area contributed by atoms with Gasteiger partial charge in [-0.05, 0) is 36.6 Å². The van der Waals surface area contributed by atoms with Gasteiger partial charge in [-0.25, -0.2) is 4.39 Å². The van der Waals surface area contributed by atoms with Gasteiger partial charge in [0.25, 0.3) is 0 Å². The minimum atomic E-state index is -0.199. The van der Waals surface area contributed by atoms with Crippen LogP contribution in [0.2, 0.25) is 0 Å². The zero-order valence-electron chi connectivity index (χ0n) is 10.9. The number of hydrogen-bond acceptors (Lipinski definition) is 2. The van der Waals surface area contributed by atoms with Crippen LogP contribution in [0.5, 0.6) is 0 Å². The third-order valence-electron chi connectivity index (χ3n) is 3.44. The second-order valence-electron chi connectivity index (χ2n) is 4.89. The lowest BCUT2D eigenvalue weighted by atomic mass is 10.0. The van der Waals surface area contributed by atoms with Gasteiger partial charge < -0.3 is 5.32 Å². The summed E-state index contributed by atoms with van der Waals surface area (Å²) in [5, 5.41) is 2.93. The minimum absolute atomic E-state index is 0.100. The lowest BCUT2D eigenvalue weighted by Gasteiger charge is -2.32. The smallest absolute Gasteiger partial charge is 0.243 e. The number of benzene rings is 1. The molecule has 4 heteroatoms. The van der Waals surface area contributed by atoms with E-state index in [1.54, 1.807) is 0 Å². The van der Waals surface area contributed by atoms with E-state index >= 15 is 0 Å². The molecule has 1 aliphatic heterocycles. The first kappa shape index (κ1) is 13.7. The van der Waals surface area contributed by atoms with Gasteiger partial charge in [-0.15, -0.1) is 0 Å². The lowest BCUT2D eigenvalue weighted by Crippen LogP contribution is -2.43. The Kier molecular flexibility index (Phi) is 4.68. The number of carbonyl (C=O) groups excluding carboxylic acids is 1. The first-order chi connectivity index (χ1) is 9.17. The van der Waals surface area contributed by atoms with E-state index in [0.29, 0.717) is 0 Å². The molecule has 3 nitrogen and oxygen atoms in total. The van der Waals surface area contributed by atoms with Crippen molar-refractivity contribution in [2.45, 2.75) is 25.4 Å². The molecule has 1 aromatic rings. The van der Waals surface area contributed by atoms with E-state index in [9.17, 15) is 9.18 Å². The van der Waals surface area contributed by atoms with Crippen LogP contribution in [0, 0.1) is 5.82 Å². The Morgan fingerprint density at radius 2 is 2.00 bits per heavy atom. The number of nitrogens with one attached hydrogen (secondary N) is 1. The Hall–Kier alpha value is -1.68. The molecule has 0 saturated carbocycles. The van der Waals surface area contributed by atoms with Gasteiger partial charge in [-0.1, -0.05) is 18.7 Å². The molecule has 1 aromatic carbocycles. The zero-order valence-corrected chi connectivity index (χ0v) is 10.9. The molecule has 0 radical (unpaired) electrons. The summed E-state index contributed by atoms with van der Waals surface area (Å²) in [6, 6.07) is 6.87. The standard InChI is InChI=1S/C15H19FN2O/c1-2-15(19)17-14-7-9-18(10-8-14)11-12-3-5-13(16)6-4-12/h2-6,14H,1,7-11H2,(H,17,19). The molecule has 1 amide bonds. The maximum Gasteiger partial charge on any atom is 0.243 e. The molecule has 1 aliphatic rings. The van der Waals surface area contributed by atoms with Crippen LogP contribution in [-0.4, -0.2) is 29.9 Å². The van der Waals surface area contributed by atoms with Gasteiger partial charge in [-0.3, -0.25) is 9.69 Å². The van der Waals surface area contributed by atoms with Crippen LogP contribution in [0.1, 0.15) is 18.4 Å². The van der Waals surface area contributed by atoms with Gasteiger partial charge >= 0.3 is 0 Å². The van der Waals surface area contributed by atoms with E-state index in [4.69, 9.17) is 0 Å². The normalized spacial score (nSPS) is 17.1. The number of rotatable bonds is 4. The van der Waals surface area contributed by atoms with Gasteiger partial charge in [-0.2, -0.15) is 0 Å². The largest absolute Gasteiger partial charge is 0.350 e. The average molecular weight is 262 g/mol. The van der Waals surface area contributed by atoms with Crippen molar-refractivity contribution in [3.63, 3.8) is 0 Å². The first-order valence-electron chi connectivity index (χ1n) is 6.57.